The van der Waals surface area contributed by atoms with Crippen molar-refractivity contribution in [1.29, 1.82) is 0 Å². The molecule has 1 aliphatic heterocycles. The van der Waals surface area contributed by atoms with E-state index in [0.717, 1.165) is 21.3 Å². The number of piperidine rings is 1. The molecule has 1 aliphatic rings. The third-order valence-electron chi connectivity index (χ3n) is 4.89. The van der Waals surface area contributed by atoms with Gasteiger partial charge in [-0.2, -0.15) is 4.31 Å². The molecule has 27 heavy (non-hydrogen) atoms. The average Bonchev–Trinajstić information content (AvgIpc) is 3.04. The summed E-state index contributed by atoms with van der Waals surface area (Å²) < 4.78 is 34.7. The summed E-state index contributed by atoms with van der Waals surface area (Å²) in [6, 6.07) is 13.4. The number of para-hydroxylation sites is 1. The number of rotatable bonds is 4. The fourth-order valence-corrected chi connectivity index (χ4v) is 6.02. The van der Waals surface area contributed by atoms with Crippen molar-refractivity contribution >= 4 is 31.6 Å². The summed E-state index contributed by atoms with van der Waals surface area (Å²) >= 11 is 1.53. The van der Waals surface area contributed by atoms with Crippen LogP contribution >= 0.6 is 11.3 Å². The minimum absolute atomic E-state index is 0.00359. The molecule has 2 aromatic carbocycles. The van der Waals surface area contributed by atoms with Crippen LogP contribution in [0.2, 0.25) is 0 Å². The van der Waals surface area contributed by atoms with Crippen molar-refractivity contribution < 1.29 is 13.2 Å². The van der Waals surface area contributed by atoms with E-state index < -0.39 is 10.0 Å². The van der Waals surface area contributed by atoms with Gasteiger partial charge in [0.1, 0.15) is 6.10 Å². The number of hydrogen-bond acceptors (Lipinski definition) is 5. The van der Waals surface area contributed by atoms with Crippen LogP contribution in [0.15, 0.2) is 47.4 Å². The molecule has 0 saturated carbocycles. The van der Waals surface area contributed by atoms with Crippen molar-refractivity contribution in [3.63, 3.8) is 0 Å². The van der Waals surface area contributed by atoms with Gasteiger partial charge in [0.25, 0.3) is 5.19 Å². The largest absolute Gasteiger partial charge is 0.467 e. The van der Waals surface area contributed by atoms with Crippen LogP contribution in [0.3, 0.4) is 0 Å². The summed E-state index contributed by atoms with van der Waals surface area (Å²) in [5.74, 6) is 0. The number of aromatic nitrogens is 1. The zero-order valence-corrected chi connectivity index (χ0v) is 17.0. The van der Waals surface area contributed by atoms with Gasteiger partial charge in [-0.1, -0.05) is 41.2 Å². The first-order valence-corrected chi connectivity index (χ1v) is 11.3. The molecule has 1 fully saturated rings. The van der Waals surface area contributed by atoms with E-state index in [1.165, 1.54) is 11.3 Å². The van der Waals surface area contributed by atoms with Crippen LogP contribution in [0.4, 0.5) is 0 Å². The van der Waals surface area contributed by atoms with Gasteiger partial charge in [-0.25, -0.2) is 13.4 Å². The zero-order chi connectivity index (χ0) is 19.0. The quantitative estimate of drug-likeness (QED) is 0.658. The summed E-state index contributed by atoms with van der Waals surface area (Å²) in [5, 5.41) is 0.659. The summed E-state index contributed by atoms with van der Waals surface area (Å²) in [4.78, 5) is 4.91. The van der Waals surface area contributed by atoms with Crippen molar-refractivity contribution in [2.24, 2.45) is 0 Å². The van der Waals surface area contributed by atoms with Gasteiger partial charge < -0.3 is 4.74 Å². The van der Waals surface area contributed by atoms with Crippen LogP contribution in [-0.2, 0) is 10.0 Å². The topological polar surface area (TPSA) is 59.5 Å². The molecule has 0 unspecified atom stereocenters. The van der Waals surface area contributed by atoms with Gasteiger partial charge in [0.05, 0.1) is 15.1 Å². The Labute approximate surface area is 163 Å². The highest BCUT2D eigenvalue weighted by Crippen LogP contribution is 2.30. The second-order valence-corrected chi connectivity index (χ2v) is 9.84. The van der Waals surface area contributed by atoms with E-state index in [-0.39, 0.29) is 6.10 Å². The normalized spacial score (nSPS) is 16.7. The molecule has 142 valence electrons. The van der Waals surface area contributed by atoms with E-state index in [1.54, 1.807) is 10.4 Å². The van der Waals surface area contributed by atoms with E-state index in [0.29, 0.717) is 36.0 Å². The minimum Gasteiger partial charge on any atom is -0.467 e. The van der Waals surface area contributed by atoms with Gasteiger partial charge in [0.2, 0.25) is 10.0 Å². The molecule has 4 rings (SSSR count). The standard InChI is InChI=1S/C20H22N2O3S2/c1-14-7-8-19(15(2)13-14)27(23,24)22-11-9-16(10-12-22)25-20-21-17-5-3-4-6-18(17)26-20/h3-8,13,16H,9-12H2,1-2H3. The maximum atomic E-state index is 13.0. The number of ether oxygens (including phenoxy) is 1. The molecule has 1 aromatic heterocycles. The first kappa shape index (κ1) is 18.4. The highest BCUT2D eigenvalue weighted by atomic mass is 32.2. The molecule has 0 amide bonds. The minimum atomic E-state index is -3.46. The molecule has 0 bridgehead atoms. The lowest BCUT2D eigenvalue weighted by atomic mass is 10.1. The Morgan fingerprint density at radius 3 is 2.56 bits per heavy atom. The number of nitrogens with zero attached hydrogens (tertiary/aromatic N) is 2. The van der Waals surface area contributed by atoms with E-state index >= 15 is 0 Å². The van der Waals surface area contributed by atoms with Gasteiger partial charge in [-0.05, 0) is 50.5 Å². The van der Waals surface area contributed by atoms with E-state index in [4.69, 9.17) is 4.74 Å². The maximum Gasteiger partial charge on any atom is 0.274 e. The summed E-state index contributed by atoms with van der Waals surface area (Å²) in [6.45, 7) is 4.74. The van der Waals surface area contributed by atoms with E-state index in [2.05, 4.69) is 4.98 Å². The summed E-state index contributed by atoms with van der Waals surface area (Å²) in [6.07, 6.45) is 1.33. The second kappa shape index (κ2) is 7.22. The Hall–Kier alpha value is -1.96. The predicted octanol–water partition coefficient (Wildman–Crippen LogP) is 4.15. The molecular weight excluding hydrogens is 380 g/mol. The van der Waals surface area contributed by atoms with Gasteiger partial charge in [0.15, 0.2) is 0 Å². The number of hydrogen-bond donors (Lipinski definition) is 0. The Bertz CT molecular complexity index is 1030. The van der Waals surface area contributed by atoms with Crippen LogP contribution in [0, 0.1) is 13.8 Å². The molecule has 0 N–H and O–H groups in total. The fourth-order valence-electron chi connectivity index (χ4n) is 3.46. The number of benzene rings is 2. The van der Waals surface area contributed by atoms with Crippen LogP contribution < -0.4 is 4.74 Å². The smallest absolute Gasteiger partial charge is 0.274 e. The van der Waals surface area contributed by atoms with E-state index in [9.17, 15) is 8.42 Å². The number of sulfonamides is 1. The van der Waals surface area contributed by atoms with Gasteiger partial charge in [-0.3, -0.25) is 0 Å². The summed E-state index contributed by atoms with van der Waals surface area (Å²) in [7, 11) is -3.46. The van der Waals surface area contributed by atoms with Crippen LogP contribution in [0.5, 0.6) is 5.19 Å². The average molecular weight is 403 g/mol. The number of thiazole rings is 1. The predicted molar refractivity (Wildman–Crippen MR) is 108 cm³/mol. The molecule has 0 aliphatic carbocycles. The zero-order valence-electron chi connectivity index (χ0n) is 15.4. The molecule has 3 aromatic rings. The van der Waals surface area contributed by atoms with Crippen molar-refractivity contribution in [2.45, 2.75) is 37.7 Å². The lowest BCUT2D eigenvalue weighted by Gasteiger charge is -2.31. The van der Waals surface area contributed by atoms with Crippen molar-refractivity contribution in [2.75, 3.05) is 13.1 Å². The molecule has 2 heterocycles. The first-order valence-electron chi connectivity index (χ1n) is 9.03. The van der Waals surface area contributed by atoms with Crippen molar-refractivity contribution in [3.8, 4) is 5.19 Å². The molecular formula is C20H22N2O3S2. The molecule has 5 nitrogen and oxygen atoms in total. The van der Waals surface area contributed by atoms with Crippen molar-refractivity contribution in [1.82, 2.24) is 9.29 Å². The van der Waals surface area contributed by atoms with Crippen LogP contribution in [0.25, 0.3) is 10.2 Å². The molecule has 7 heteroatoms. The highest BCUT2D eigenvalue weighted by molar-refractivity contribution is 7.89. The molecule has 1 saturated heterocycles. The highest BCUT2D eigenvalue weighted by Gasteiger charge is 2.31. The molecule has 0 atom stereocenters. The van der Waals surface area contributed by atoms with Crippen LogP contribution in [0.1, 0.15) is 24.0 Å². The monoisotopic (exact) mass is 402 g/mol. The summed E-state index contributed by atoms with van der Waals surface area (Å²) in [5.41, 5.74) is 2.80. The Balaban J connectivity index is 1.43. The van der Waals surface area contributed by atoms with Gasteiger partial charge in [0, 0.05) is 13.1 Å². The number of aryl methyl sites for hydroxylation is 2. The maximum absolute atomic E-state index is 13.0. The lowest BCUT2D eigenvalue weighted by Crippen LogP contribution is -2.41. The third-order valence-corrected chi connectivity index (χ3v) is 7.88. The Morgan fingerprint density at radius 2 is 1.85 bits per heavy atom. The first-order chi connectivity index (χ1) is 12.9. The van der Waals surface area contributed by atoms with Gasteiger partial charge in [-0.15, -0.1) is 0 Å². The van der Waals surface area contributed by atoms with Crippen LogP contribution in [-0.4, -0.2) is 36.9 Å². The third kappa shape index (κ3) is 3.72. The Morgan fingerprint density at radius 1 is 1.11 bits per heavy atom. The SMILES string of the molecule is Cc1ccc(S(=O)(=O)N2CCC(Oc3nc4ccccc4s3)CC2)c(C)c1. The van der Waals surface area contributed by atoms with E-state index in [1.807, 2.05) is 50.2 Å². The van der Waals surface area contributed by atoms with Gasteiger partial charge >= 0.3 is 0 Å². The van der Waals surface area contributed by atoms with Crippen molar-refractivity contribution in [3.05, 3.63) is 53.6 Å². The Kier molecular flexibility index (Phi) is 4.92. The molecule has 0 radical (unpaired) electrons. The molecule has 0 spiro atoms. The fraction of sp³-hybridized carbons (Fsp3) is 0.350. The lowest BCUT2D eigenvalue weighted by molar-refractivity contribution is 0.135. The number of fused-ring (bicyclic) bond motifs is 1. The second-order valence-electron chi connectivity index (χ2n) is 6.94.